The largest absolute Gasteiger partial charge is 0.382 e. The van der Waals surface area contributed by atoms with Gasteiger partial charge in [0.1, 0.15) is 0 Å². The highest BCUT2D eigenvalue weighted by atomic mass is 19.2. The fourth-order valence-electron chi connectivity index (χ4n) is 2.67. The van der Waals surface area contributed by atoms with Gasteiger partial charge >= 0.3 is 0 Å². The molecule has 0 aromatic heterocycles. The number of hydrogen-bond acceptors (Lipinski definition) is 3. The molecule has 0 aliphatic carbocycles. The molecule has 1 fully saturated rings. The minimum Gasteiger partial charge on any atom is -0.382 e. The van der Waals surface area contributed by atoms with Gasteiger partial charge in [0.05, 0.1) is 18.8 Å². The molecule has 4 nitrogen and oxygen atoms in total. The van der Waals surface area contributed by atoms with E-state index in [4.69, 9.17) is 9.47 Å². The first-order valence-electron chi connectivity index (χ1n) is 7.36. The molecular weight excluding hydrogens is 292 g/mol. The van der Waals surface area contributed by atoms with Crippen LogP contribution in [0.25, 0.3) is 0 Å². The fraction of sp³-hybridized carbons (Fsp3) is 0.562. The number of carbonyl (C=O) groups is 1. The van der Waals surface area contributed by atoms with E-state index in [1.54, 1.807) is 12.0 Å². The molecule has 0 unspecified atom stereocenters. The van der Waals surface area contributed by atoms with Gasteiger partial charge in [0.15, 0.2) is 11.6 Å². The molecule has 1 amide bonds. The van der Waals surface area contributed by atoms with Crippen molar-refractivity contribution in [3.05, 3.63) is 35.4 Å². The maximum atomic E-state index is 13.6. The number of ether oxygens (including phenoxy) is 2. The zero-order valence-electron chi connectivity index (χ0n) is 12.9. The number of halogens is 2. The van der Waals surface area contributed by atoms with Gasteiger partial charge in [-0.3, -0.25) is 4.79 Å². The van der Waals surface area contributed by atoms with Crippen LogP contribution in [0.3, 0.4) is 0 Å². The summed E-state index contributed by atoms with van der Waals surface area (Å²) in [6, 6.07) is 4.02. The van der Waals surface area contributed by atoms with Crippen LogP contribution < -0.4 is 0 Å². The SMILES string of the molecule is COC[C@H]1CN(C(=O)CCc2cccc(F)c2F)C[C@H](C)O1. The van der Waals surface area contributed by atoms with E-state index in [-0.39, 0.29) is 36.5 Å². The van der Waals surface area contributed by atoms with Crippen LogP contribution in [0.5, 0.6) is 0 Å². The number of nitrogens with zero attached hydrogens (tertiary/aromatic N) is 1. The standard InChI is InChI=1S/C16H21F2NO3/c1-11-8-19(9-13(22-11)10-21-2)15(20)7-6-12-4-3-5-14(17)16(12)18/h3-5,11,13H,6-10H2,1-2H3/t11-,13+/m0/s1. The van der Waals surface area contributed by atoms with Gasteiger partial charge in [0.2, 0.25) is 5.91 Å². The van der Waals surface area contributed by atoms with Crippen molar-refractivity contribution in [2.45, 2.75) is 32.0 Å². The monoisotopic (exact) mass is 313 g/mol. The van der Waals surface area contributed by atoms with Crippen molar-refractivity contribution in [2.24, 2.45) is 0 Å². The quantitative estimate of drug-likeness (QED) is 0.836. The molecule has 2 atom stereocenters. The number of carbonyl (C=O) groups excluding carboxylic acids is 1. The Labute approximate surface area is 129 Å². The molecule has 0 spiro atoms. The Hall–Kier alpha value is -1.53. The van der Waals surface area contributed by atoms with Crippen LogP contribution in [0.1, 0.15) is 18.9 Å². The van der Waals surface area contributed by atoms with E-state index in [0.29, 0.717) is 19.7 Å². The van der Waals surface area contributed by atoms with Crippen LogP contribution in [-0.4, -0.2) is 49.8 Å². The van der Waals surface area contributed by atoms with Crippen molar-refractivity contribution >= 4 is 5.91 Å². The molecule has 0 N–H and O–H groups in total. The van der Waals surface area contributed by atoms with Crippen LogP contribution in [0.2, 0.25) is 0 Å². The summed E-state index contributed by atoms with van der Waals surface area (Å²) in [7, 11) is 1.58. The molecule has 0 radical (unpaired) electrons. The summed E-state index contributed by atoms with van der Waals surface area (Å²) in [4.78, 5) is 14.0. The first-order chi connectivity index (χ1) is 10.5. The smallest absolute Gasteiger partial charge is 0.223 e. The van der Waals surface area contributed by atoms with Crippen molar-refractivity contribution in [3.8, 4) is 0 Å². The molecule has 1 aliphatic heterocycles. The Morgan fingerprint density at radius 3 is 2.91 bits per heavy atom. The van der Waals surface area contributed by atoms with Gasteiger partial charge in [-0.15, -0.1) is 0 Å². The Morgan fingerprint density at radius 1 is 1.41 bits per heavy atom. The van der Waals surface area contributed by atoms with Crippen LogP contribution in [0, 0.1) is 11.6 Å². The van der Waals surface area contributed by atoms with Gasteiger partial charge in [0.25, 0.3) is 0 Å². The third-order valence-corrected chi connectivity index (χ3v) is 3.67. The topological polar surface area (TPSA) is 38.8 Å². The third-order valence-electron chi connectivity index (χ3n) is 3.67. The minimum atomic E-state index is -0.884. The molecule has 1 aliphatic rings. The highest BCUT2D eigenvalue weighted by Gasteiger charge is 2.28. The Balaban J connectivity index is 1.92. The highest BCUT2D eigenvalue weighted by Crippen LogP contribution is 2.16. The molecule has 2 rings (SSSR count). The lowest BCUT2D eigenvalue weighted by Gasteiger charge is -2.36. The third kappa shape index (κ3) is 4.24. The summed E-state index contributed by atoms with van der Waals surface area (Å²) in [5.74, 6) is -1.84. The Kier molecular flexibility index (Phi) is 5.85. The lowest BCUT2D eigenvalue weighted by atomic mass is 10.1. The molecule has 22 heavy (non-hydrogen) atoms. The van der Waals surface area contributed by atoms with Crippen LogP contribution in [-0.2, 0) is 20.7 Å². The number of amides is 1. The molecule has 0 saturated carbocycles. The van der Waals surface area contributed by atoms with Crippen LogP contribution >= 0.6 is 0 Å². The minimum absolute atomic E-state index is 0.0660. The fourth-order valence-corrected chi connectivity index (χ4v) is 2.67. The van der Waals surface area contributed by atoms with Crippen LogP contribution in [0.4, 0.5) is 8.78 Å². The van der Waals surface area contributed by atoms with Gasteiger partial charge in [-0.25, -0.2) is 8.78 Å². The molecule has 1 aromatic carbocycles. The molecule has 122 valence electrons. The van der Waals surface area contributed by atoms with Gasteiger partial charge in [0, 0.05) is 26.6 Å². The second-order valence-electron chi connectivity index (χ2n) is 5.54. The number of rotatable bonds is 5. The molecule has 0 bridgehead atoms. The van der Waals surface area contributed by atoms with Gasteiger partial charge in [-0.1, -0.05) is 12.1 Å². The number of hydrogen-bond donors (Lipinski definition) is 0. The van der Waals surface area contributed by atoms with Crippen molar-refractivity contribution in [3.63, 3.8) is 0 Å². The first-order valence-corrected chi connectivity index (χ1v) is 7.36. The maximum absolute atomic E-state index is 13.6. The molecule has 1 heterocycles. The van der Waals surface area contributed by atoms with Crippen molar-refractivity contribution < 1.29 is 23.0 Å². The van der Waals surface area contributed by atoms with Gasteiger partial charge in [-0.2, -0.15) is 0 Å². The first kappa shape index (κ1) is 16.8. The van der Waals surface area contributed by atoms with Crippen molar-refractivity contribution in [1.82, 2.24) is 4.90 Å². The summed E-state index contributed by atoms with van der Waals surface area (Å²) in [5, 5.41) is 0. The number of benzene rings is 1. The molecule has 6 heteroatoms. The van der Waals surface area contributed by atoms with E-state index in [2.05, 4.69) is 0 Å². The highest BCUT2D eigenvalue weighted by molar-refractivity contribution is 5.76. The maximum Gasteiger partial charge on any atom is 0.223 e. The summed E-state index contributed by atoms with van der Waals surface area (Å²) in [5.41, 5.74) is 0.225. The second-order valence-corrected chi connectivity index (χ2v) is 5.54. The molecule has 1 saturated heterocycles. The predicted octanol–water partition coefficient (Wildman–Crippen LogP) is 2.16. The summed E-state index contributed by atoms with van der Waals surface area (Å²) >= 11 is 0. The molecular formula is C16H21F2NO3. The second kappa shape index (κ2) is 7.65. The number of morpholine rings is 1. The van der Waals surface area contributed by atoms with Gasteiger partial charge in [-0.05, 0) is 25.0 Å². The Bertz CT molecular complexity index is 524. The normalized spacial score (nSPS) is 21.9. The van der Waals surface area contributed by atoms with Gasteiger partial charge < -0.3 is 14.4 Å². The van der Waals surface area contributed by atoms with E-state index in [1.807, 2.05) is 6.92 Å². The van der Waals surface area contributed by atoms with E-state index in [9.17, 15) is 13.6 Å². The number of aryl methyl sites for hydroxylation is 1. The zero-order valence-corrected chi connectivity index (χ0v) is 12.9. The van der Waals surface area contributed by atoms with E-state index in [1.165, 1.54) is 12.1 Å². The average Bonchev–Trinajstić information content (AvgIpc) is 2.48. The summed E-state index contributed by atoms with van der Waals surface area (Å²) in [6.07, 6.45) is 0.114. The van der Waals surface area contributed by atoms with E-state index < -0.39 is 11.6 Å². The lowest BCUT2D eigenvalue weighted by Crippen LogP contribution is -2.50. The van der Waals surface area contributed by atoms with E-state index in [0.717, 1.165) is 6.07 Å². The summed E-state index contributed by atoms with van der Waals surface area (Å²) < 4.78 is 37.5. The molecule has 1 aromatic rings. The predicted molar refractivity (Wildman–Crippen MR) is 77.5 cm³/mol. The number of methoxy groups -OCH3 is 1. The van der Waals surface area contributed by atoms with Crippen molar-refractivity contribution in [1.29, 1.82) is 0 Å². The zero-order chi connectivity index (χ0) is 16.1. The average molecular weight is 313 g/mol. The van der Waals surface area contributed by atoms with E-state index >= 15 is 0 Å². The summed E-state index contributed by atoms with van der Waals surface area (Å²) in [6.45, 7) is 3.29. The van der Waals surface area contributed by atoms with Crippen molar-refractivity contribution in [2.75, 3.05) is 26.8 Å². The Morgan fingerprint density at radius 2 is 2.18 bits per heavy atom. The van der Waals surface area contributed by atoms with Crippen LogP contribution in [0.15, 0.2) is 18.2 Å². The lowest BCUT2D eigenvalue weighted by molar-refractivity contribution is -0.148.